The van der Waals surface area contributed by atoms with Gasteiger partial charge in [-0.1, -0.05) is 12.8 Å². The van der Waals surface area contributed by atoms with E-state index in [0.29, 0.717) is 5.92 Å². The molecule has 66 valence electrons. The Balaban J connectivity index is 0.000001000. The van der Waals surface area contributed by atoms with E-state index >= 15 is 0 Å². The molecule has 0 aromatic heterocycles. The summed E-state index contributed by atoms with van der Waals surface area (Å²) in [5, 5.41) is 0. The van der Waals surface area contributed by atoms with Crippen molar-refractivity contribution in [1.82, 2.24) is 0 Å². The van der Waals surface area contributed by atoms with Crippen molar-refractivity contribution in [3.63, 3.8) is 0 Å². The van der Waals surface area contributed by atoms with Crippen LogP contribution in [0.1, 0.15) is 19.3 Å². The lowest BCUT2D eigenvalue weighted by molar-refractivity contribution is -0.142. The number of carbonyl (C=O) groups excluding carboxylic acids is 1. The average molecular weight is 180 g/mol. The summed E-state index contributed by atoms with van der Waals surface area (Å²) in [5.41, 5.74) is 5.49. The van der Waals surface area contributed by atoms with E-state index in [2.05, 4.69) is 4.74 Å². The third-order valence-corrected chi connectivity index (χ3v) is 1.79. The van der Waals surface area contributed by atoms with Gasteiger partial charge < -0.3 is 10.5 Å². The molecule has 0 aromatic carbocycles. The Kier molecular flexibility index (Phi) is 4.45. The quantitative estimate of drug-likeness (QED) is 0.650. The zero-order valence-electron chi connectivity index (χ0n) is 6.58. The maximum atomic E-state index is 10.7. The predicted molar refractivity (Wildman–Crippen MR) is 44.6 cm³/mol. The lowest BCUT2D eigenvalue weighted by Gasteiger charge is -2.06. The number of carbonyl (C=O) groups is 1. The molecule has 0 aromatic rings. The van der Waals surface area contributed by atoms with Crippen molar-refractivity contribution in [2.45, 2.75) is 25.3 Å². The Morgan fingerprint density at radius 3 is 2.64 bits per heavy atom. The van der Waals surface area contributed by atoms with Gasteiger partial charge in [-0.05, 0) is 12.3 Å². The summed E-state index contributed by atoms with van der Waals surface area (Å²) in [6.45, 7) is 0. The second-order valence-corrected chi connectivity index (χ2v) is 2.81. The third-order valence-electron chi connectivity index (χ3n) is 1.79. The van der Waals surface area contributed by atoms with Crippen LogP contribution in [0.25, 0.3) is 0 Å². The van der Waals surface area contributed by atoms with E-state index in [-0.39, 0.29) is 18.4 Å². The van der Waals surface area contributed by atoms with Crippen LogP contribution < -0.4 is 5.73 Å². The van der Waals surface area contributed by atoms with Gasteiger partial charge in [0.25, 0.3) is 0 Å². The van der Waals surface area contributed by atoms with Crippen LogP contribution in [-0.2, 0) is 9.53 Å². The summed E-state index contributed by atoms with van der Waals surface area (Å²) in [7, 11) is 1.37. The number of hydrogen-bond donors (Lipinski definition) is 1. The Morgan fingerprint density at radius 2 is 2.27 bits per heavy atom. The largest absolute Gasteiger partial charge is 0.468 e. The summed E-state index contributed by atoms with van der Waals surface area (Å²) < 4.78 is 4.48. The average Bonchev–Trinajstić information content (AvgIpc) is 2.70. The number of halogens is 1. The van der Waals surface area contributed by atoms with E-state index in [1.54, 1.807) is 0 Å². The first kappa shape index (κ1) is 10.7. The first-order valence-electron chi connectivity index (χ1n) is 3.57. The minimum Gasteiger partial charge on any atom is -0.468 e. The topological polar surface area (TPSA) is 52.3 Å². The summed E-state index contributed by atoms with van der Waals surface area (Å²) in [6.07, 6.45) is 3.25. The van der Waals surface area contributed by atoms with E-state index in [1.807, 2.05) is 0 Å². The highest BCUT2D eigenvalue weighted by Gasteiger charge is 2.27. The Labute approximate surface area is 72.7 Å². The summed E-state index contributed by atoms with van der Waals surface area (Å²) in [5.74, 6) is 0.404. The zero-order chi connectivity index (χ0) is 7.56. The lowest BCUT2D eigenvalue weighted by Crippen LogP contribution is -2.31. The lowest BCUT2D eigenvalue weighted by atomic mass is 10.1. The minimum atomic E-state index is -0.391. The van der Waals surface area contributed by atoms with Gasteiger partial charge in [0.1, 0.15) is 6.04 Å². The van der Waals surface area contributed by atoms with E-state index in [0.717, 1.165) is 6.42 Å². The van der Waals surface area contributed by atoms with Crippen molar-refractivity contribution in [1.29, 1.82) is 0 Å². The maximum absolute atomic E-state index is 10.7. The van der Waals surface area contributed by atoms with Crippen LogP contribution in [0, 0.1) is 5.92 Å². The summed E-state index contributed by atoms with van der Waals surface area (Å²) >= 11 is 0. The fourth-order valence-electron chi connectivity index (χ4n) is 0.960. The molecule has 0 unspecified atom stereocenters. The molecular weight excluding hydrogens is 166 g/mol. The standard InChI is InChI=1S/C7H13NO2.ClH/c1-10-7(9)6(8)4-5-2-3-5;/h5-6H,2-4,8H2,1H3;1H/t6-;/m0./s1. The molecule has 11 heavy (non-hydrogen) atoms. The molecule has 1 saturated carbocycles. The highest BCUT2D eigenvalue weighted by atomic mass is 35.5. The second-order valence-electron chi connectivity index (χ2n) is 2.81. The van der Waals surface area contributed by atoms with Crippen LogP contribution in [0.3, 0.4) is 0 Å². The fourth-order valence-corrected chi connectivity index (χ4v) is 0.960. The number of nitrogens with two attached hydrogens (primary N) is 1. The Bertz CT molecular complexity index is 136. The van der Waals surface area contributed by atoms with Crippen molar-refractivity contribution < 1.29 is 9.53 Å². The minimum absolute atomic E-state index is 0. The van der Waals surface area contributed by atoms with E-state index in [4.69, 9.17) is 5.73 Å². The Hall–Kier alpha value is -0.280. The molecule has 1 rings (SSSR count). The molecular formula is C7H14ClNO2. The number of rotatable bonds is 3. The van der Waals surface area contributed by atoms with Gasteiger partial charge in [0.15, 0.2) is 0 Å². The van der Waals surface area contributed by atoms with E-state index in [9.17, 15) is 4.79 Å². The van der Waals surface area contributed by atoms with Gasteiger partial charge in [-0.3, -0.25) is 4.79 Å². The van der Waals surface area contributed by atoms with Gasteiger partial charge in [0, 0.05) is 0 Å². The maximum Gasteiger partial charge on any atom is 0.322 e. The molecule has 0 saturated heterocycles. The summed E-state index contributed by atoms with van der Waals surface area (Å²) in [4.78, 5) is 10.7. The normalized spacial score (nSPS) is 18.4. The molecule has 0 radical (unpaired) electrons. The van der Waals surface area contributed by atoms with Crippen molar-refractivity contribution in [3.05, 3.63) is 0 Å². The van der Waals surface area contributed by atoms with Gasteiger partial charge in [-0.2, -0.15) is 0 Å². The Morgan fingerprint density at radius 1 is 1.73 bits per heavy atom. The van der Waals surface area contributed by atoms with Crippen molar-refractivity contribution >= 4 is 18.4 Å². The van der Waals surface area contributed by atoms with Gasteiger partial charge in [0.2, 0.25) is 0 Å². The molecule has 2 N–H and O–H groups in total. The molecule has 0 amide bonds. The number of esters is 1. The van der Waals surface area contributed by atoms with Gasteiger partial charge in [-0.15, -0.1) is 12.4 Å². The highest BCUT2D eigenvalue weighted by molar-refractivity contribution is 5.85. The van der Waals surface area contributed by atoms with Crippen LogP contribution in [-0.4, -0.2) is 19.1 Å². The van der Waals surface area contributed by atoms with E-state index in [1.165, 1.54) is 20.0 Å². The first-order valence-corrected chi connectivity index (χ1v) is 3.57. The molecule has 1 aliphatic carbocycles. The van der Waals surface area contributed by atoms with Crippen LogP contribution in [0.15, 0.2) is 0 Å². The first-order chi connectivity index (χ1) is 4.74. The van der Waals surface area contributed by atoms with Crippen LogP contribution in [0.2, 0.25) is 0 Å². The molecule has 0 spiro atoms. The van der Waals surface area contributed by atoms with Crippen molar-refractivity contribution in [2.24, 2.45) is 11.7 Å². The van der Waals surface area contributed by atoms with Crippen molar-refractivity contribution in [3.8, 4) is 0 Å². The number of ether oxygens (including phenoxy) is 1. The van der Waals surface area contributed by atoms with Crippen LogP contribution in [0.4, 0.5) is 0 Å². The molecule has 1 aliphatic rings. The SMILES string of the molecule is COC(=O)[C@@H](N)CC1CC1.Cl. The van der Waals surface area contributed by atoms with Crippen LogP contribution >= 0.6 is 12.4 Å². The van der Waals surface area contributed by atoms with Gasteiger partial charge >= 0.3 is 5.97 Å². The third kappa shape index (κ3) is 3.58. The smallest absolute Gasteiger partial charge is 0.322 e. The van der Waals surface area contributed by atoms with E-state index < -0.39 is 6.04 Å². The highest BCUT2D eigenvalue weighted by Crippen LogP contribution is 2.33. The molecule has 0 bridgehead atoms. The van der Waals surface area contributed by atoms with Gasteiger partial charge in [-0.25, -0.2) is 0 Å². The summed E-state index contributed by atoms with van der Waals surface area (Å²) in [6, 6.07) is -0.391. The predicted octanol–water partition coefficient (Wildman–Crippen LogP) is 0.709. The molecule has 0 heterocycles. The second kappa shape index (κ2) is 4.57. The van der Waals surface area contributed by atoms with Gasteiger partial charge in [0.05, 0.1) is 7.11 Å². The number of methoxy groups -OCH3 is 1. The number of hydrogen-bond acceptors (Lipinski definition) is 3. The zero-order valence-corrected chi connectivity index (χ0v) is 7.39. The molecule has 4 heteroatoms. The molecule has 0 aliphatic heterocycles. The molecule has 1 atom stereocenters. The molecule has 1 fully saturated rings. The van der Waals surface area contributed by atoms with Crippen LogP contribution in [0.5, 0.6) is 0 Å². The van der Waals surface area contributed by atoms with Crippen molar-refractivity contribution in [2.75, 3.05) is 7.11 Å². The fraction of sp³-hybridized carbons (Fsp3) is 0.857. The molecule has 3 nitrogen and oxygen atoms in total. The monoisotopic (exact) mass is 179 g/mol.